The number of para-hydroxylation sites is 2. The van der Waals surface area contributed by atoms with E-state index in [9.17, 15) is 18.0 Å². The molecule has 0 saturated heterocycles. The van der Waals surface area contributed by atoms with Gasteiger partial charge in [-0.25, -0.2) is 18.5 Å². The van der Waals surface area contributed by atoms with Crippen LogP contribution in [0.3, 0.4) is 0 Å². The second-order valence-electron chi connectivity index (χ2n) is 5.96. The first-order valence-electron chi connectivity index (χ1n) is 8.17. The Balaban J connectivity index is 1.61. The molecular weight excluding hydrogens is 368 g/mol. The van der Waals surface area contributed by atoms with Crippen LogP contribution in [0.25, 0.3) is 11.0 Å². The number of primary sulfonamides is 1. The third kappa shape index (κ3) is 4.57. The second-order valence-corrected chi connectivity index (χ2v) is 7.52. The molecule has 3 N–H and O–H groups in total. The van der Waals surface area contributed by atoms with Gasteiger partial charge >= 0.3 is 0 Å². The number of fused-ring (bicyclic) bond motifs is 1. The highest BCUT2D eigenvalue weighted by molar-refractivity contribution is 7.89. The molecule has 0 fully saturated rings. The summed E-state index contributed by atoms with van der Waals surface area (Å²) in [4.78, 5) is 28.3. The highest BCUT2D eigenvalue weighted by Gasteiger charge is 2.09. The normalized spacial score (nSPS) is 11.4. The fourth-order valence-corrected chi connectivity index (χ4v) is 3.18. The number of rotatable bonds is 6. The van der Waals surface area contributed by atoms with Gasteiger partial charge in [-0.2, -0.15) is 0 Å². The standard InChI is InChI=1S/C18H18N4O4S/c19-27(25,26)14-7-5-13(6-8-14)9-10-20-17(23)12-22-16-4-2-1-3-15(16)21-11-18(22)24/h1-8,11H,9-10,12H2,(H,20,23)(H2,19,25,26). The van der Waals surface area contributed by atoms with Gasteiger partial charge in [0.25, 0.3) is 5.56 Å². The van der Waals surface area contributed by atoms with Crippen molar-refractivity contribution in [3.05, 3.63) is 70.6 Å². The summed E-state index contributed by atoms with van der Waals surface area (Å²) < 4.78 is 23.8. The van der Waals surface area contributed by atoms with Crippen molar-refractivity contribution in [1.29, 1.82) is 0 Å². The number of sulfonamides is 1. The number of amides is 1. The first kappa shape index (κ1) is 18.7. The minimum absolute atomic E-state index is 0.0409. The van der Waals surface area contributed by atoms with E-state index in [4.69, 9.17) is 5.14 Å². The lowest BCUT2D eigenvalue weighted by atomic mass is 10.1. The Bertz CT molecular complexity index is 1140. The molecule has 1 amide bonds. The van der Waals surface area contributed by atoms with Crippen LogP contribution in [0.5, 0.6) is 0 Å². The SMILES string of the molecule is NS(=O)(=O)c1ccc(CCNC(=O)Cn2c(=O)cnc3ccccc32)cc1. The van der Waals surface area contributed by atoms with Crippen molar-refractivity contribution in [2.75, 3.05) is 6.54 Å². The minimum atomic E-state index is -3.72. The summed E-state index contributed by atoms with van der Waals surface area (Å²) in [5, 5.41) is 7.81. The summed E-state index contributed by atoms with van der Waals surface area (Å²) in [5.41, 5.74) is 1.75. The number of nitrogens with zero attached hydrogens (tertiary/aromatic N) is 2. The van der Waals surface area contributed by atoms with Crippen molar-refractivity contribution in [1.82, 2.24) is 14.9 Å². The summed E-state index contributed by atoms with van der Waals surface area (Å²) in [7, 11) is -3.72. The van der Waals surface area contributed by atoms with Gasteiger partial charge in [-0.05, 0) is 36.2 Å². The number of nitrogens with one attached hydrogen (secondary N) is 1. The molecule has 0 aliphatic carbocycles. The van der Waals surface area contributed by atoms with Gasteiger partial charge in [0.2, 0.25) is 15.9 Å². The van der Waals surface area contributed by atoms with Crippen LogP contribution in [0.15, 0.2) is 64.4 Å². The van der Waals surface area contributed by atoms with E-state index >= 15 is 0 Å². The molecule has 2 aromatic carbocycles. The van der Waals surface area contributed by atoms with Crippen molar-refractivity contribution < 1.29 is 13.2 Å². The largest absolute Gasteiger partial charge is 0.354 e. The maximum Gasteiger partial charge on any atom is 0.269 e. The summed E-state index contributed by atoms with van der Waals surface area (Å²) in [6, 6.07) is 13.2. The van der Waals surface area contributed by atoms with Gasteiger partial charge in [-0.3, -0.25) is 14.2 Å². The predicted octanol–water partition coefficient (Wildman–Crippen LogP) is 0.403. The van der Waals surface area contributed by atoms with E-state index in [1.165, 1.54) is 22.9 Å². The van der Waals surface area contributed by atoms with Crippen LogP contribution in [-0.4, -0.2) is 30.4 Å². The average Bonchev–Trinajstić information content (AvgIpc) is 2.64. The number of hydrogen-bond acceptors (Lipinski definition) is 5. The fraction of sp³-hybridized carbons (Fsp3) is 0.167. The van der Waals surface area contributed by atoms with E-state index in [-0.39, 0.29) is 22.9 Å². The van der Waals surface area contributed by atoms with Gasteiger partial charge in [0.05, 0.1) is 22.1 Å². The van der Waals surface area contributed by atoms with Gasteiger partial charge in [-0.15, -0.1) is 0 Å². The molecule has 0 radical (unpaired) electrons. The first-order valence-corrected chi connectivity index (χ1v) is 9.72. The van der Waals surface area contributed by atoms with Crippen molar-refractivity contribution in [2.45, 2.75) is 17.9 Å². The molecule has 3 rings (SSSR count). The Morgan fingerprint density at radius 1 is 1.11 bits per heavy atom. The average molecular weight is 386 g/mol. The van der Waals surface area contributed by atoms with Gasteiger partial charge in [0.15, 0.2) is 0 Å². The summed E-state index contributed by atoms with van der Waals surface area (Å²) in [5.74, 6) is -0.297. The lowest BCUT2D eigenvalue weighted by Gasteiger charge is -2.10. The third-order valence-electron chi connectivity index (χ3n) is 4.04. The highest BCUT2D eigenvalue weighted by atomic mass is 32.2. The third-order valence-corrected chi connectivity index (χ3v) is 4.97. The number of carbonyl (C=O) groups excluding carboxylic acids is 1. The van der Waals surface area contributed by atoms with Crippen molar-refractivity contribution in [3.63, 3.8) is 0 Å². The van der Waals surface area contributed by atoms with Crippen LogP contribution in [0.2, 0.25) is 0 Å². The van der Waals surface area contributed by atoms with Gasteiger partial charge in [-0.1, -0.05) is 24.3 Å². The maximum absolute atomic E-state index is 12.2. The molecule has 1 heterocycles. The molecule has 0 bridgehead atoms. The number of hydrogen-bond donors (Lipinski definition) is 2. The predicted molar refractivity (Wildman–Crippen MR) is 101 cm³/mol. The van der Waals surface area contributed by atoms with E-state index in [1.807, 2.05) is 6.07 Å². The Hall–Kier alpha value is -3.04. The van der Waals surface area contributed by atoms with Crippen LogP contribution in [-0.2, 0) is 27.8 Å². The fourth-order valence-electron chi connectivity index (χ4n) is 2.67. The number of aromatic nitrogens is 2. The molecule has 3 aromatic rings. The number of benzene rings is 2. The topological polar surface area (TPSA) is 124 Å². The second kappa shape index (κ2) is 7.68. The zero-order valence-electron chi connectivity index (χ0n) is 14.3. The Morgan fingerprint density at radius 3 is 2.52 bits per heavy atom. The van der Waals surface area contributed by atoms with Gasteiger partial charge in [0.1, 0.15) is 6.54 Å². The summed E-state index contributed by atoms with van der Waals surface area (Å²) in [6.07, 6.45) is 1.71. The quantitative estimate of drug-likeness (QED) is 0.635. The lowest BCUT2D eigenvalue weighted by Crippen LogP contribution is -2.33. The van der Waals surface area contributed by atoms with Crippen LogP contribution < -0.4 is 16.0 Å². The Labute approximate surface area is 155 Å². The molecule has 0 aliphatic heterocycles. The number of carbonyl (C=O) groups is 1. The molecule has 0 aliphatic rings. The van der Waals surface area contributed by atoms with Crippen LogP contribution in [0.4, 0.5) is 0 Å². The molecule has 0 unspecified atom stereocenters. The van der Waals surface area contributed by atoms with E-state index in [2.05, 4.69) is 10.3 Å². The zero-order chi connectivity index (χ0) is 19.4. The van der Waals surface area contributed by atoms with E-state index in [0.29, 0.717) is 24.0 Å². The molecular formula is C18H18N4O4S. The minimum Gasteiger partial charge on any atom is -0.354 e. The van der Waals surface area contributed by atoms with Crippen LogP contribution >= 0.6 is 0 Å². The van der Waals surface area contributed by atoms with E-state index in [0.717, 1.165) is 5.56 Å². The molecule has 0 spiro atoms. The maximum atomic E-state index is 12.2. The Morgan fingerprint density at radius 2 is 1.81 bits per heavy atom. The van der Waals surface area contributed by atoms with Crippen molar-refractivity contribution in [2.24, 2.45) is 5.14 Å². The lowest BCUT2D eigenvalue weighted by molar-refractivity contribution is -0.121. The first-order chi connectivity index (χ1) is 12.8. The van der Waals surface area contributed by atoms with E-state index < -0.39 is 10.0 Å². The molecule has 140 valence electrons. The smallest absolute Gasteiger partial charge is 0.269 e. The zero-order valence-corrected chi connectivity index (χ0v) is 15.1. The summed E-state index contributed by atoms with van der Waals surface area (Å²) >= 11 is 0. The molecule has 9 heteroatoms. The summed E-state index contributed by atoms with van der Waals surface area (Å²) in [6.45, 7) is 0.248. The van der Waals surface area contributed by atoms with Crippen LogP contribution in [0.1, 0.15) is 5.56 Å². The van der Waals surface area contributed by atoms with Crippen molar-refractivity contribution >= 4 is 27.0 Å². The Kier molecular flexibility index (Phi) is 5.33. The van der Waals surface area contributed by atoms with Crippen molar-refractivity contribution in [3.8, 4) is 0 Å². The molecule has 0 saturated carbocycles. The van der Waals surface area contributed by atoms with Crippen LogP contribution in [0, 0.1) is 0 Å². The number of nitrogens with two attached hydrogens (primary N) is 1. The monoisotopic (exact) mass is 386 g/mol. The van der Waals surface area contributed by atoms with Gasteiger partial charge < -0.3 is 5.32 Å². The highest BCUT2D eigenvalue weighted by Crippen LogP contribution is 2.09. The molecule has 27 heavy (non-hydrogen) atoms. The van der Waals surface area contributed by atoms with E-state index in [1.54, 1.807) is 30.3 Å². The molecule has 1 aromatic heterocycles. The molecule has 8 nitrogen and oxygen atoms in total. The molecule has 0 atom stereocenters. The van der Waals surface area contributed by atoms with Gasteiger partial charge in [0, 0.05) is 6.54 Å².